The zero-order valence-electron chi connectivity index (χ0n) is 8.48. The molecular formula is C11H12BrNO2S. The summed E-state index contributed by atoms with van der Waals surface area (Å²) in [6.07, 6.45) is 1.03. The molecular weight excluding hydrogens is 290 g/mol. The molecule has 86 valence electrons. The van der Waals surface area contributed by atoms with E-state index in [2.05, 4.69) is 33.9 Å². The van der Waals surface area contributed by atoms with E-state index in [0.717, 1.165) is 9.37 Å². The summed E-state index contributed by atoms with van der Waals surface area (Å²) in [7, 11) is 0. The van der Waals surface area contributed by atoms with Crippen LogP contribution in [0.2, 0.25) is 0 Å². The van der Waals surface area contributed by atoms with Crippen molar-refractivity contribution < 1.29 is 9.90 Å². The lowest BCUT2D eigenvalue weighted by molar-refractivity contribution is 0.0562. The maximum absolute atomic E-state index is 11.9. The van der Waals surface area contributed by atoms with Gasteiger partial charge >= 0.3 is 0 Å². The minimum absolute atomic E-state index is 0.0953. The van der Waals surface area contributed by atoms with Gasteiger partial charge in [-0.15, -0.1) is 12.6 Å². The van der Waals surface area contributed by atoms with Crippen LogP contribution in [-0.2, 0) is 0 Å². The summed E-state index contributed by atoms with van der Waals surface area (Å²) in [4.78, 5) is 12.6. The Morgan fingerprint density at radius 3 is 2.81 bits per heavy atom. The van der Waals surface area contributed by atoms with Crippen LogP contribution in [0, 0.1) is 0 Å². The minimum atomic E-state index is -0.259. The Balaban J connectivity index is 2.05. The van der Waals surface area contributed by atoms with Crippen molar-refractivity contribution in [3.8, 4) is 0 Å². The van der Waals surface area contributed by atoms with Crippen LogP contribution >= 0.6 is 28.6 Å². The zero-order chi connectivity index (χ0) is 11.7. The fraction of sp³-hybridized carbons (Fsp3) is 0.364. The van der Waals surface area contributed by atoms with Gasteiger partial charge in [0.05, 0.1) is 11.7 Å². The molecule has 1 aliphatic rings. The molecule has 1 amide bonds. The molecule has 16 heavy (non-hydrogen) atoms. The number of carbonyl (C=O) groups excluding carboxylic acids is 1. The van der Waals surface area contributed by atoms with Crippen molar-refractivity contribution in [2.45, 2.75) is 29.9 Å². The summed E-state index contributed by atoms with van der Waals surface area (Å²) >= 11 is 7.53. The van der Waals surface area contributed by atoms with Gasteiger partial charge < -0.3 is 10.4 Å². The molecule has 0 radical (unpaired) electrons. The van der Waals surface area contributed by atoms with Gasteiger partial charge in [0, 0.05) is 15.4 Å². The lowest BCUT2D eigenvalue weighted by atomic mass is 9.89. The molecule has 0 unspecified atom stereocenters. The van der Waals surface area contributed by atoms with Crippen molar-refractivity contribution in [2.75, 3.05) is 0 Å². The van der Waals surface area contributed by atoms with Crippen molar-refractivity contribution in [2.24, 2.45) is 0 Å². The Hall–Kier alpha value is -0.520. The summed E-state index contributed by atoms with van der Waals surface area (Å²) in [6.45, 7) is 0. The van der Waals surface area contributed by atoms with E-state index in [4.69, 9.17) is 5.11 Å². The number of nitrogens with one attached hydrogen (secondary N) is 1. The third-order valence-corrected chi connectivity index (χ3v) is 3.61. The number of aliphatic hydroxyl groups is 1. The van der Waals surface area contributed by atoms with Gasteiger partial charge in [-0.05, 0) is 47.0 Å². The highest BCUT2D eigenvalue weighted by Gasteiger charge is 2.28. The highest BCUT2D eigenvalue weighted by atomic mass is 79.9. The third kappa shape index (κ3) is 2.59. The predicted molar refractivity (Wildman–Crippen MR) is 67.9 cm³/mol. The Labute approximate surface area is 108 Å². The second-order valence-corrected chi connectivity index (χ2v) is 5.33. The van der Waals surface area contributed by atoms with Crippen LogP contribution in [0.1, 0.15) is 23.2 Å². The van der Waals surface area contributed by atoms with E-state index < -0.39 is 0 Å². The fourth-order valence-corrected chi connectivity index (χ4v) is 2.29. The van der Waals surface area contributed by atoms with Crippen molar-refractivity contribution >= 4 is 34.5 Å². The minimum Gasteiger partial charge on any atom is -0.393 e. The molecule has 2 N–H and O–H groups in total. The first-order valence-corrected chi connectivity index (χ1v) is 6.27. The average Bonchev–Trinajstić information content (AvgIpc) is 2.19. The van der Waals surface area contributed by atoms with Gasteiger partial charge in [-0.2, -0.15) is 0 Å². The monoisotopic (exact) mass is 301 g/mol. The molecule has 1 aromatic carbocycles. The summed E-state index contributed by atoms with van der Waals surface area (Å²) in [5, 5.41) is 12.0. The molecule has 0 spiro atoms. The number of hydrogen-bond acceptors (Lipinski definition) is 3. The molecule has 1 aliphatic carbocycles. The Kier molecular flexibility index (Phi) is 3.56. The standard InChI is InChI=1S/C11H12BrNO2S/c12-10-2-1-8(16)5-9(10)11(15)13-6-3-7(14)4-6/h1-2,5-7,14,16H,3-4H2,(H,13,15). The maximum Gasteiger partial charge on any atom is 0.252 e. The van der Waals surface area contributed by atoms with Crippen molar-refractivity contribution in [3.05, 3.63) is 28.2 Å². The summed E-state index contributed by atoms with van der Waals surface area (Å²) < 4.78 is 0.752. The van der Waals surface area contributed by atoms with Gasteiger partial charge in [-0.25, -0.2) is 0 Å². The zero-order valence-corrected chi connectivity index (χ0v) is 11.0. The molecule has 1 saturated carbocycles. The molecule has 0 bridgehead atoms. The molecule has 5 heteroatoms. The van der Waals surface area contributed by atoms with E-state index in [-0.39, 0.29) is 18.1 Å². The Bertz CT molecular complexity index is 418. The van der Waals surface area contributed by atoms with Crippen LogP contribution in [0.25, 0.3) is 0 Å². The molecule has 3 nitrogen and oxygen atoms in total. The Morgan fingerprint density at radius 2 is 2.19 bits per heavy atom. The highest BCUT2D eigenvalue weighted by molar-refractivity contribution is 9.10. The predicted octanol–water partition coefficient (Wildman–Crippen LogP) is 1.99. The van der Waals surface area contributed by atoms with Crippen LogP contribution < -0.4 is 5.32 Å². The smallest absolute Gasteiger partial charge is 0.252 e. The topological polar surface area (TPSA) is 49.3 Å². The average molecular weight is 302 g/mol. The summed E-state index contributed by atoms with van der Waals surface area (Å²) in [5.41, 5.74) is 0.578. The second kappa shape index (κ2) is 4.77. The van der Waals surface area contributed by atoms with Crippen LogP contribution in [0.4, 0.5) is 0 Å². The first kappa shape index (κ1) is 12.0. The van der Waals surface area contributed by atoms with Gasteiger partial charge in [0.1, 0.15) is 0 Å². The Morgan fingerprint density at radius 1 is 1.50 bits per heavy atom. The molecule has 0 aliphatic heterocycles. The van der Waals surface area contributed by atoms with E-state index in [1.165, 1.54) is 0 Å². The molecule has 2 rings (SSSR count). The number of halogens is 1. The molecule has 0 aromatic heterocycles. The van der Waals surface area contributed by atoms with E-state index >= 15 is 0 Å². The number of aliphatic hydroxyl groups excluding tert-OH is 1. The van der Waals surface area contributed by atoms with E-state index in [1.807, 2.05) is 6.07 Å². The lowest BCUT2D eigenvalue weighted by Gasteiger charge is -2.32. The number of rotatable bonds is 2. The van der Waals surface area contributed by atoms with Gasteiger partial charge in [-0.1, -0.05) is 0 Å². The summed E-state index contributed by atoms with van der Waals surface area (Å²) in [6, 6.07) is 5.43. The van der Waals surface area contributed by atoms with Crippen LogP contribution in [0.15, 0.2) is 27.6 Å². The molecule has 0 saturated heterocycles. The van der Waals surface area contributed by atoms with E-state index in [0.29, 0.717) is 18.4 Å². The number of carbonyl (C=O) groups is 1. The van der Waals surface area contributed by atoms with Gasteiger partial charge in [0.15, 0.2) is 0 Å². The van der Waals surface area contributed by atoms with Gasteiger partial charge in [0.2, 0.25) is 0 Å². The van der Waals surface area contributed by atoms with E-state index in [9.17, 15) is 4.79 Å². The molecule has 1 fully saturated rings. The van der Waals surface area contributed by atoms with Gasteiger partial charge in [0.25, 0.3) is 5.91 Å². The number of hydrogen-bond donors (Lipinski definition) is 3. The van der Waals surface area contributed by atoms with Crippen molar-refractivity contribution in [1.82, 2.24) is 5.32 Å². The molecule has 1 aromatic rings. The number of amides is 1. The van der Waals surface area contributed by atoms with Crippen LogP contribution in [0.3, 0.4) is 0 Å². The third-order valence-electron chi connectivity index (χ3n) is 2.64. The van der Waals surface area contributed by atoms with Crippen LogP contribution in [-0.4, -0.2) is 23.2 Å². The van der Waals surface area contributed by atoms with Gasteiger partial charge in [-0.3, -0.25) is 4.79 Å². The largest absolute Gasteiger partial charge is 0.393 e. The van der Waals surface area contributed by atoms with Crippen molar-refractivity contribution in [1.29, 1.82) is 0 Å². The normalized spacial score (nSPS) is 23.7. The fourth-order valence-electron chi connectivity index (χ4n) is 1.66. The maximum atomic E-state index is 11.9. The quantitative estimate of drug-likeness (QED) is 0.732. The first-order chi connectivity index (χ1) is 7.56. The first-order valence-electron chi connectivity index (χ1n) is 5.03. The van der Waals surface area contributed by atoms with Crippen LogP contribution in [0.5, 0.6) is 0 Å². The second-order valence-electron chi connectivity index (χ2n) is 3.96. The van der Waals surface area contributed by atoms with Crippen molar-refractivity contribution in [3.63, 3.8) is 0 Å². The van der Waals surface area contributed by atoms with E-state index in [1.54, 1.807) is 12.1 Å². The summed E-state index contributed by atoms with van der Waals surface area (Å²) in [5.74, 6) is -0.125. The number of thiol groups is 1. The number of benzene rings is 1. The molecule has 0 atom stereocenters. The lowest BCUT2D eigenvalue weighted by Crippen LogP contribution is -2.46. The highest BCUT2D eigenvalue weighted by Crippen LogP contribution is 2.23. The SMILES string of the molecule is O=C(NC1CC(O)C1)c1cc(S)ccc1Br. The molecule has 0 heterocycles.